The van der Waals surface area contributed by atoms with Crippen LogP contribution in [0, 0.1) is 5.92 Å². The number of carbonyl (C=O) groups is 1. The molecule has 1 saturated heterocycles. The average Bonchev–Trinajstić information content (AvgIpc) is 3.40. The number of nitrogens with two attached hydrogens (primary N) is 1. The standard InChI is InChI=1S/C22H21N7O/c23-29-12-11-25-14-18(29)20(17-8-10-24-13-17)28-21(29)15-4-6-16(7-5-15)22(30)27-19-3-1-2-9-26-19/h1-7,9,11-12,14,17,24H,8,10,13,23H2/p+1. The van der Waals surface area contributed by atoms with Crippen LogP contribution in [0.3, 0.4) is 0 Å². The number of amidine groups is 1. The number of pyridine rings is 1. The fraction of sp³-hybridized carbons (Fsp3) is 0.182. The number of nitrogens with one attached hydrogen (secondary N) is 2. The molecule has 4 heterocycles. The van der Waals surface area contributed by atoms with Crippen LogP contribution >= 0.6 is 0 Å². The number of aromatic nitrogens is 1. The Bertz CT molecular complexity index is 1100. The van der Waals surface area contributed by atoms with E-state index in [0.717, 1.165) is 42.3 Å². The number of anilines is 1. The van der Waals surface area contributed by atoms with Gasteiger partial charge in [-0.15, -0.1) is 4.59 Å². The second kappa shape index (κ2) is 7.42. The lowest BCUT2D eigenvalue weighted by molar-refractivity contribution is -0.750. The largest absolute Gasteiger partial charge is 0.316 e. The van der Waals surface area contributed by atoms with Crippen LogP contribution in [-0.4, -0.2) is 40.6 Å². The van der Waals surface area contributed by atoms with Crippen molar-refractivity contribution in [3.63, 3.8) is 0 Å². The normalized spacial score (nSPS) is 24.7. The second-order valence-corrected chi connectivity index (χ2v) is 7.50. The third kappa shape index (κ3) is 3.17. The summed E-state index contributed by atoms with van der Waals surface area (Å²) in [6.45, 7) is 1.86. The first-order chi connectivity index (χ1) is 14.6. The molecule has 8 heteroatoms. The summed E-state index contributed by atoms with van der Waals surface area (Å²) in [6.07, 6.45) is 8.01. The smallest absolute Gasteiger partial charge is 0.264 e. The number of nitrogens with zero attached hydrogens (tertiary/aromatic N) is 4. The molecule has 3 aliphatic rings. The minimum absolute atomic E-state index is 0.00515. The summed E-state index contributed by atoms with van der Waals surface area (Å²) >= 11 is 0. The molecule has 8 nitrogen and oxygen atoms in total. The van der Waals surface area contributed by atoms with Crippen molar-refractivity contribution in [3.8, 4) is 0 Å². The fourth-order valence-electron chi connectivity index (χ4n) is 3.99. The van der Waals surface area contributed by atoms with E-state index in [-0.39, 0.29) is 10.5 Å². The third-order valence-electron chi connectivity index (χ3n) is 5.58. The minimum atomic E-state index is -0.216. The van der Waals surface area contributed by atoms with Crippen LogP contribution < -0.4 is 16.5 Å². The molecule has 1 aromatic heterocycles. The van der Waals surface area contributed by atoms with Crippen LogP contribution in [-0.2, 0) is 0 Å². The monoisotopic (exact) mass is 400 g/mol. The fourth-order valence-corrected chi connectivity index (χ4v) is 3.99. The van der Waals surface area contributed by atoms with Crippen LogP contribution in [0.1, 0.15) is 22.3 Å². The minimum Gasteiger partial charge on any atom is -0.316 e. The Morgan fingerprint density at radius 1 is 1.20 bits per heavy atom. The number of amides is 1. The Kier molecular flexibility index (Phi) is 4.59. The van der Waals surface area contributed by atoms with Crippen LogP contribution in [0.25, 0.3) is 0 Å². The summed E-state index contributed by atoms with van der Waals surface area (Å²) < 4.78 is -0.00515. The van der Waals surface area contributed by atoms with E-state index in [4.69, 9.17) is 10.8 Å². The summed E-state index contributed by atoms with van der Waals surface area (Å²) in [5.41, 5.74) is 3.29. The summed E-state index contributed by atoms with van der Waals surface area (Å²) in [7, 11) is 0. The van der Waals surface area contributed by atoms with E-state index >= 15 is 0 Å². The summed E-state index contributed by atoms with van der Waals surface area (Å²) in [4.78, 5) is 25.9. The van der Waals surface area contributed by atoms with Crippen molar-refractivity contribution in [3.05, 3.63) is 83.6 Å². The van der Waals surface area contributed by atoms with Gasteiger partial charge in [0.15, 0.2) is 0 Å². The second-order valence-electron chi connectivity index (χ2n) is 7.50. The van der Waals surface area contributed by atoms with Crippen LogP contribution in [0.5, 0.6) is 0 Å². The van der Waals surface area contributed by atoms with Crippen LogP contribution in [0.2, 0.25) is 0 Å². The first-order valence-electron chi connectivity index (χ1n) is 9.91. The average molecular weight is 400 g/mol. The zero-order chi connectivity index (χ0) is 20.6. The summed E-state index contributed by atoms with van der Waals surface area (Å²) in [6, 6.07) is 12.7. The Morgan fingerprint density at radius 2 is 2.07 bits per heavy atom. The lowest BCUT2D eigenvalue weighted by atomic mass is 10.0. The van der Waals surface area contributed by atoms with Gasteiger partial charge in [-0.2, -0.15) is 10.8 Å². The van der Waals surface area contributed by atoms with E-state index in [2.05, 4.69) is 20.6 Å². The molecule has 2 atom stereocenters. The van der Waals surface area contributed by atoms with Crippen molar-refractivity contribution >= 4 is 23.8 Å². The highest BCUT2D eigenvalue weighted by Gasteiger charge is 2.46. The maximum Gasteiger partial charge on any atom is 0.264 e. The molecule has 1 aromatic carbocycles. The zero-order valence-corrected chi connectivity index (χ0v) is 16.3. The third-order valence-corrected chi connectivity index (χ3v) is 5.58. The molecular formula is C22H22N7O+. The Balaban J connectivity index is 1.43. The van der Waals surface area contributed by atoms with Gasteiger partial charge in [0, 0.05) is 24.2 Å². The Hall–Kier alpha value is -3.46. The van der Waals surface area contributed by atoms with Crippen LogP contribution in [0.4, 0.5) is 5.82 Å². The van der Waals surface area contributed by atoms with E-state index in [9.17, 15) is 4.79 Å². The number of fused-ring (bicyclic) bond motifs is 1. The molecular weight excluding hydrogens is 378 g/mol. The number of carbonyl (C=O) groups excluding carboxylic acids is 1. The van der Waals surface area contributed by atoms with Gasteiger partial charge >= 0.3 is 0 Å². The maximum atomic E-state index is 12.5. The number of benzene rings is 1. The molecule has 1 fully saturated rings. The molecule has 0 radical (unpaired) electrons. The lowest BCUT2D eigenvalue weighted by Gasteiger charge is -2.26. The number of allylic oxidation sites excluding steroid dienone is 1. The number of quaternary nitrogens is 1. The van der Waals surface area contributed by atoms with Crippen molar-refractivity contribution in [2.24, 2.45) is 21.7 Å². The van der Waals surface area contributed by atoms with Crippen LogP contribution in [0.15, 0.2) is 82.4 Å². The van der Waals surface area contributed by atoms with Crippen molar-refractivity contribution < 1.29 is 9.39 Å². The maximum absolute atomic E-state index is 12.5. The molecule has 0 bridgehead atoms. The molecule has 2 aromatic rings. The number of rotatable bonds is 4. The molecule has 1 amide bonds. The molecule has 0 saturated carbocycles. The highest BCUT2D eigenvalue weighted by Crippen LogP contribution is 2.36. The van der Waals surface area contributed by atoms with Gasteiger partial charge < -0.3 is 10.6 Å². The predicted molar refractivity (Wildman–Crippen MR) is 115 cm³/mol. The highest BCUT2D eigenvalue weighted by atomic mass is 16.1. The topological polar surface area (TPSA) is 105 Å². The van der Waals surface area contributed by atoms with E-state index in [1.807, 2.05) is 24.4 Å². The molecule has 150 valence electrons. The first-order valence-corrected chi connectivity index (χ1v) is 9.91. The zero-order valence-electron chi connectivity index (χ0n) is 16.3. The quantitative estimate of drug-likeness (QED) is 0.540. The van der Waals surface area contributed by atoms with Gasteiger partial charge in [-0.1, -0.05) is 6.07 Å². The number of hydrogen-bond acceptors (Lipinski definition) is 6. The van der Waals surface area contributed by atoms with Gasteiger partial charge in [-0.3, -0.25) is 9.79 Å². The van der Waals surface area contributed by atoms with E-state index in [0.29, 0.717) is 17.3 Å². The predicted octanol–water partition coefficient (Wildman–Crippen LogP) is 2.16. The van der Waals surface area contributed by atoms with E-state index in [1.54, 1.807) is 42.9 Å². The van der Waals surface area contributed by atoms with Crippen molar-refractivity contribution in [2.45, 2.75) is 6.42 Å². The number of aliphatic imine (C=N–C) groups is 2. The molecule has 0 spiro atoms. The van der Waals surface area contributed by atoms with Gasteiger partial charge in [0.1, 0.15) is 17.7 Å². The summed E-state index contributed by atoms with van der Waals surface area (Å²) in [5, 5.41) is 6.18. The van der Waals surface area contributed by atoms with Crippen molar-refractivity contribution in [2.75, 3.05) is 18.4 Å². The Morgan fingerprint density at radius 3 is 2.80 bits per heavy atom. The molecule has 30 heavy (non-hydrogen) atoms. The van der Waals surface area contributed by atoms with Gasteiger partial charge in [-0.05, 0) is 49.4 Å². The summed E-state index contributed by atoms with van der Waals surface area (Å²) in [5.74, 6) is 8.11. The first kappa shape index (κ1) is 18.6. The van der Waals surface area contributed by atoms with Gasteiger partial charge in [0.2, 0.25) is 5.70 Å². The lowest BCUT2D eigenvalue weighted by Crippen LogP contribution is -2.53. The van der Waals surface area contributed by atoms with E-state index < -0.39 is 0 Å². The van der Waals surface area contributed by atoms with Gasteiger partial charge in [0.25, 0.3) is 11.7 Å². The van der Waals surface area contributed by atoms with Crippen molar-refractivity contribution in [1.29, 1.82) is 0 Å². The van der Waals surface area contributed by atoms with E-state index in [1.165, 1.54) is 0 Å². The molecule has 3 aliphatic heterocycles. The highest BCUT2D eigenvalue weighted by molar-refractivity contribution is 6.05. The van der Waals surface area contributed by atoms with Gasteiger partial charge in [-0.25, -0.2) is 4.98 Å². The molecule has 4 N–H and O–H groups in total. The Labute approximate surface area is 174 Å². The molecule has 5 rings (SSSR count). The molecule has 0 aliphatic carbocycles. The number of hydrogen-bond donors (Lipinski definition) is 3. The SMILES string of the molecule is N[N+]12C=CN=CC1=C(C1CCNC1)N=C2c1ccc(C(=O)Nc2ccccn2)cc1. The van der Waals surface area contributed by atoms with Gasteiger partial charge in [0.05, 0.1) is 18.0 Å². The molecule has 2 unspecified atom stereocenters. The van der Waals surface area contributed by atoms with Crippen molar-refractivity contribution in [1.82, 2.24) is 10.3 Å².